The predicted molar refractivity (Wildman–Crippen MR) is 75.4 cm³/mol. The molecule has 1 saturated heterocycles. The summed E-state index contributed by atoms with van der Waals surface area (Å²) in [5.74, 6) is 3.19. The number of imidazole rings is 1. The molecule has 0 radical (unpaired) electrons. The van der Waals surface area contributed by atoms with Crippen LogP contribution in [0.1, 0.15) is 5.82 Å². The highest BCUT2D eigenvalue weighted by Crippen LogP contribution is 2.20. The zero-order valence-electron chi connectivity index (χ0n) is 10.3. The quantitative estimate of drug-likeness (QED) is 0.686. The highest BCUT2D eigenvalue weighted by atomic mass is 32.2. The fourth-order valence-electron chi connectivity index (χ4n) is 2.21. The van der Waals surface area contributed by atoms with Gasteiger partial charge in [-0.25, -0.2) is 4.98 Å². The molecule has 1 fully saturated rings. The molecule has 0 atom stereocenters. The molecule has 1 aliphatic rings. The van der Waals surface area contributed by atoms with Crippen LogP contribution in [0.4, 0.5) is 5.69 Å². The van der Waals surface area contributed by atoms with E-state index in [0.29, 0.717) is 0 Å². The van der Waals surface area contributed by atoms with Crippen LogP contribution in [0.3, 0.4) is 0 Å². The molecule has 100 valence electrons. The van der Waals surface area contributed by atoms with Crippen LogP contribution in [-0.2, 0) is 6.54 Å². The van der Waals surface area contributed by atoms with Gasteiger partial charge < -0.3 is 4.98 Å². The smallest absolute Gasteiger partial charge is 0.271 e. The Kier molecular flexibility index (Phi) is 3.39. The molecule has 1 aliphatic heterocycles. The van der Waals surface area contributed by atoms with E-state index in [1.807, 2.05) is 11.8 Å². The van der Waals surface area contributed by atoms with E-state index in [2.05, 4.69) is 14.9 Å². The summed E-state index contributed by atoms with van der Waals surface area (Å²) in [5.41, 5.74) is 1.61. The van der Waals surface area contributed by atoms with Gasteiger partial charge in [-0.1, -0.05) is 0 Å². The van der Waals surface area contributed by atoms with E-state index < -0.39 is 0 Å². The van der Waals surface area contributed by atoms with Crippen molar-refractivity contribution in [3.63, 3.8) is 0 Å². The summed E-state index contributed by atoms with van der Waals surface area (Å²) in [6.45, 7) is 2.92. The molecule has 0 bridgehead atoms. The number of rotatable bonds is 3. The zero-order chi connectivity index (χ0) is 13.2. The minimum absolute atomic E-state index is 0.0945. The molecule has 3 rings (SSSR count). The van der Waals surface area contributed by atoms with E-state index >= 15 is 0 Å². The van der Waals surface area contributed by atoms with Crippen molar-refractivity contribution in [1.29, 1.82) is 0 Å². The molecule has 7 heteroatoms. The topological polar surface area (TPSA) is 75.1 Å². The van der Waals surface area contributed by atoms with Crippen LogP contribution in [-0.4, -0.2) is 44.4 Å². The Morgan fingerprint density at radius 3 is 2.95 bits per heavy atom. The van der Waals surface area contributed by atoms with Crippen molar-refractivity contribution >= 4 is 28.5 Å². The molecular weight excluding hydrogens is 264 g/mol. The summed E-state index contributed by atoms with van der Waals surface area (Å²) in [6, 6.07) is 4.72. The Labute approximate surface area is 114 Å². The van der Waals surface area contributed by atoms with Gasteiger partial charge in [-0.05, 0) is 6.07 Å². The Morgan fingerprint density at radius 1 is 1.42 bits per heavy atom. The fourth-order valence-corrected chi connectivity index (χ4v) is 3.19. The maximum absolute atomic E-state index is 10.7. The molecule has 1 N–H and O–H groups in total. The number of hydrogen-bond acceptors (Lipinski definition) is 5. The van der Waals surface area contributed by atoms with Gasteiger partial charge in [0.05, 0.1) is 22.5 Å². The molecule has 0 spiro atoms. The van der Waals surface area contributed by atoms with Crippen LogP contribution in [0.25, 0.3) is 11.0 Å². The lowest BCUT2D eigenvalue weighted by Gasteiger charge is -2.24. The molecule has 2 aromatic rings. The van der Waals surface area contributed by atoms with Crippen molar-refractivity contribution in [2.24, 2.45) is 0 Å². The molecule has 0 unspecified atom stereocenters. The predicted octanol–water partition coefficient (Wildman–Crippen LogP) is 2.02. The van der Waals surface area contributed by atoms with Gasteiger partial charge in [0.25, 0.3) is 5.69 Å². The molecule has 0 saturated carbocycles. The van der Waals surface area contributed by atoms with Gasteiger partial charge >= 0.3 is 0 Å². The van der Waals surface area contributed by atoms with E-state index in [0.717, 1.165) is 48.0 Å². The second-order valence-corrected chi connectivity index (χ2v) is 5.76. The van der Waals surface area contributed by atoms with Crippen LogP contribution in [0.2, 0.25) is 0 Å². The standard InChI is InChI=1S/C12H14N4O2S/c17-16(18)9-1-2-10-11(7-9)14-12(13-10)8-15-3-5-19-6-4-15/h1-2,7H,3-6,8H2,(H,13,14). The van der Waals surface area contributed by atoms with Crippen molar-refractivity contribution in [1.82, 2.24) is 14.9 Å². The molecule has 19 heavy (non-hydrogen) atoms. The second kappa shape index (κ2) is 5.18. The number of thioether (sulfide) groups is 1. The van der Waals surface area contributed by atoms with E-state index in [1.54, 1.807) is 6.07 Å². The normalized spacial score (nSPS) is 16.8. The Morgan fingerprint density at radius 2 is 2.21 bits per heavy atom. The monoisotopic (exact) mass is 278 g/mol. The van der Waals surface area contributed by atoms with Gasteiger partial charge in [-0.2, -0.15) is 11.8 Å². The number of aromatic amines is 1. The second-order valence-electron chi connectivity index (χ2n) is 4.53. The lowest BCUT2D eigenvalue weighted by Crippen LogP contribution is -2.32. The first kappa shape index (κ1) is 12.4. The maximum atomic E-state index is 10.7. The minimum Gasteiger partial charge on any atom is -0.341 e. The first-order valence-electron chi connectivity index (χ1n) is 6.15. The van der Waals surface area contributed by atoms with Crippen LogP contribution in [0, 0.1) is 10.1 Å². The Balaban J connectivity index is 1.82. The average Bonchev–Trinajstić information content (AvgIpc) is 2.80. The highest BCUT2D eigenvalue weighted by Gasteiger charge is 2.14. The maximum Gasteiger partial charge on any atom is 0.271 e. The number of nitro groups is 1. The Hall–Kier alpha value is -1.60. The summed E-state index contributed by atoms with van der Waals surface area (Å²) in [7, 11) is 0. The van der Waals surface area contributed by atoms with Gasteiger partial charge in [-0.15, -0.1) is 0 Å². The van der Waals surface area contributed by atoms with Gasteiger partial charge in [0.15, 0.2) is 0 Å². The lowest BCUT2D eigenvalue weighted by atomic mass is 10.3. The minimum atomic E-state index is -0.387. The van der Waals surface area contributed by atoms with E-state index in [4.69, 9.17) is 0 Å². The third-order valence-corrected chi connectivity index (χ3v) is 4.14. The molecular formula is C12H14N4O2S. The molecule has 2 heterocycles. The number of fused-ring (bicyclic) bond motifs is 1. The SMILES string of the molecule is O=[N+]([O-])c1ccc2nc(CN3CCSCC3)[nH]c2c1. The average molecular weight is 278 g/mol. The van der Waals surface area contributed by atoms with Crippen molar-refractivity contribution in [2.75, 3.05) is 24.6 Å². The van der Waals surface area contributed by atoms with E-state index in [9.17, 15) is 10.1 Å². The summed E-state index contributed by atoms with van der Waals surface area (Å²) < 4.78 is 0. The number of hydrogen-bond donors (Lipinski definition) is 1. The number of non-ortho nitro benzene ring substituents is 1. The van der Waals surface area contributed by atoms with Crippen LogP contribution in [0.5, 0.6) is 0 Å². The van der Waals surface area contributed by atoms with Gasteiger partial charge in [0.1, 0.15) is 5.82 Å². The largest absolute Gasteiger partial charge is 0.341 e. The van der Waals surface area contributed by atoms with Gasteiger partial charge in [-0.3, -0.25) is 15.0 Å². The van der Waals surface area contributed by atoms with Crippen molar-refractivity contribution < 1.29 is 4.92 Å². The lowest BCUT2D eigenvalue weighted by molar-refractivity contribution is -0.384. The first-order valence-corrected chi connectivity index (χ1v) is 7.31. The number of nitrogens with one attached hydrogen (secondary N) is 1. The summed E-state index contributed by atoms with van der Waals surface area (Å²) in [5, 5.41) is 10.7. The number of nitrogens with zero attached hydrogens (tertiary/aromatic N) is 3. The van der Waals surface area contributed by atoms with Crippen molar-refractivity contribution in [3.05, 3.63) is 34.1 Å². The molecule has 6 nitrogen and oxygen atoms in total. The summed E-state index contributed by atoms with van der Waals surface area (Å²) in [4.78, 5) is 20.3. The van der Waals surface area contributed by atoms with Crippen molar-refractivity contribution in [2.45, 2.75) is 6.54 Å². The fraction of sp³-hybridized carbons (Fsp3) is 0.417. The number of H-pyrrole nitrogens is 1. The Bertz CT molecular complexity index is 607. The van der Waals surface area contributed by atoms with Gasteiger partial charge in [0.2, 0.25) is 0 Å². The van der Waals surface area contributed by atoms with Crippen LogP contribution >= 0.6 is 11.8 Å². The third-order valence-electron chi connectivity index (χ3n) is 3.20. The zero-order valence-corrected chi connectivity index (χ0v) is 11.2. The molecule has 1 aromatic carbocycles. The number of benzene rings is 1. The molecule has 0 aliphatic carbocycles. The number of aromatic nitrogens is 2. The highest BCUT2D eigenvalue weighted by molar-refractivity contribution is 7.99. The van der Waals surface area contributed by atoms with E-state index in [1.165, 1.54) is 12.1 Å². The molecule has 1 aromatic heterocycles. The van der Waals surface area contributed by atoms with Crippen LogP contribution < -0.4 is 0 Å². The van der Waals surface area contributed by atoms with Crippen molar-refractivity contribution in [3.8, 4) is 0 Å². The van der Waals surface area contributed by atoms with E-state index in [-0.39, 0.29) is 10.6 Å². The summed E-state index contributed by atoms with van der Waals surface area (Å²) in [6.07, 6.45) is 0. The number of nitro benzene ring substituents is 1. The van der Waals surface area contributed by atoms with Gasteiger partial charge in [0, 0.05) is 36.7 Å². The van der Waals surface area contributed by atoms with Crippen LogP contribution in [0.15, 0.2) is 18.2 Å². The third kappa shape index (κ3) is 2.71. The first-order chi connectivity index (χ1) is 9.22. The molecule has 0 amide bonds. The summed E-state index contributed by atoms with van der Waals surface area (Å²) >= 11 is 1.97.